The molecule has 0 bridgehead atoms. The summed E-state index contributed by atoms with van der Waals surface area (Å²) in [6, 6.07) is 9.94. The molecular formula is C15H18N4O2. The van der Waals surface area contributed by atoms with Gasteiger partial charge in [0.05, 0.1) is 12.0 Å². The van der Waals surface area contributed by atoms with Crippen molar-refractivity contribution < 1.29 is 9.90 Å². The van der Waals surface area contributed by atoms with E-state index in [1.165, 1.54) is 0 Å². The summed E-state index contributed by atoms with van der Waals surface area (Å²) in [4.78, 5) is 11.6. The zero-order valence-electron chi connectivity index (χ0n) is 11.8. The molecule has 2 aromatic rings. The molecule has 1 saturated carbocycles. The van der Waals surface area contributed by atoms with Gasteiger partial charge in [0.2, 0.25) is 0 Å². The highest BCUT2D eigenvalue weighted by Gasteiger charge is 2.42. The molecule has 6 nitrogen and oxygen atoms in total. The van der Waals surface area contributed by atoms with E-state index in [4.69, 9.17) is 0 Å². The van der Waals surface area contributed by atoms with Crippen LogP contribution in [-0.2, 0) is 17.8 Å². The van der Waals surface area contributed by atoms with E-state index >= 15 is 0 Å². The molecular weight excluding hydrogens is 268 g/mol. The minimum absolute atomic E-state index is 0.359. The Balaban J connectivity index is 1.81. The Morgan fingerprint density at radius 2 is 1.95 bits per heavy atom. The van der Waals surface area contributed by atoms with Crippen molar-refractivity contribution >= 4 is 5.97 Å². The average Bonchev–Trinajstić information content (AvgIpc) is 3.12. The maximum absolute atomic E-state index is 11.6. The molecule has 110 valence electrons. The number of rotatable bonds is 5. The molecule has 0 unspecified atom stereocenters. The Morgan fingerprint density at radius 3 is 2.62 bits per heavy atom. The number of carboxylic acid groups (broad SMARTS) is 1. The van der Waals surface area contributed by atoms with Gasteiger partial charge in [-0.2, -0.15) is 0 Å². The fraction of sp³-hybridized carbons (Fsp3) is 0.467. The molecule has 1 aromatic heterocycles. The van der Waals surface area contributed by atoms with Gasteiger partial charge in [-0.25, -0.2) is 4.68 Å². The van der Waals surface area contributed by atoms with E-state index in [0.717, 1.165) is 18.4 Å². The standard InChI is InChI=1S/C15H18N4O2/c20-14(21)15(8-4-5-9-15)11-19-13(16-17-18-19)10-12-6-2-1-3-7-12/h1-3,6-7H,4-5,8-11H2,(H,20,21). The Bertz CT molecular complexity index is 618. The van der Waals surface area contributed by atoms with Crippen LogP contribution in [0, 0.1) is 5.41 Å². The number of nitrogens with zero attached hydrogens (tertiary/aromatic N) is 4. The Labute approximate surface area is 122 Å². The lowest BCUT2D eigenvalue weighted by Crippen LogP contribution is -2.33. The van der Waals surface area contributed by atoms with Crippen molar-refractivity contribution in [2.75, 3.05) is 0 Å². The molecule has 1 fully saturated rings. The number of aromatic nitrogens is 4. The number of carboxylic acids is 1. The lowest BCUT2D eigenvalue weighted by Gasteiger charge is -2.23. The lowest BCUT2D eigenvalue weighted by molar-refractivity contribution is -0.149. The van der Waals surface area contributed by atoms with Gasteiger partial charge in [-0.05, 0) is 28.8 Å². The quantitative estimate of drug-likeness (QED) is 0.908. The maximum atomic E-state index is 11.6. The van der Waals surface area contributed by atoms with E-state index in [2.05, 4.69) is 15.5 Å². The third-order valence-corrected chi connectivity index (χ3v) is 4.28. The van der Waals surface area contributed by atoms with Gasteiger partial charge in [0.15, 0.2) is 5.82 Å². The van der Waals surface area contributed by atoms with Gasteiger partial charge in [-0.1, -0.05) is 43.2 Å². The molecule has 1 heterocycles. The molecule has 1 aliphatic carbocycles. The van der Waals surface area contributed by atoms with Crippen molar-refractivity contribution in [1.29, 1.82) is 0 Å². The summed E-state index contributed by atoms with van der Waals surface area (Å²) < 4.78 is 1.66. The first kappa shape index (κ1) is 13.7. The normalized spacial score (nSPS) is 17.0. The van der Waals surface area contributed by atoms with Crippen LogP contribution in [0.4, 0.5) is 0 Å². The number of carbonyl (C=O) groups is 1. The van der Waals surface area contributed by atoms with Crippen molar-refractivity contribution in [2.45, 2.75) is 38.6 Å². The first-order valence-electron chi connectivity index (χ1n) is 7.22. The molecule has 0 aliphatic heterocycles. The fourth-order valence-electron chi connectivity index (χ4n) is 3.03. The third kappa shape index (κ3) is 2.79. The summed E-state index contributed by atoms with van der Waals surface area (Å²) in [5.74, 6) is -0.0186. The zero-order chi connectivity index (χ0) is 14.7. The predicted octanol–water partition coefficient (Wildman–Crippen LogP) is 1.91. The summed E-state index contributed by atoms with van der Waals surface area (Å²) in [6.07, 6.45) is 3.94. The number of hydrogen-bond donors (Lipinski definition) is 1. The monoisotopic (exact) mass is 286 g/mol. The molecule has 1 N–H and O–H groups in total. The van der Waals surface area contributed by atoms with Crippen LogP contribution in [0.25, 0.3) is 0 Å². The summed E-state index contributed by atoms with van der Waals surface area (Å²) in [5.41, 5.74) is 0.408. The Hall–Kier alpha value is -2.24. The number of hydrogen-bond acceptors (Lipinski definition) is 4. The van der Waals surface area contributed by atoms with Crippen LogP contribution in [0.5, 0.6) is 0 Å². The molecule has 0 radical (unpaired) electrons. The predicted molar refractivity (Wildman–Crippen MR) is 75.6 cm³/mol. The van der Waals surface area contributed by atoms with Gasteiger partial charge in [0, 0.05) is 6.42 Å². The molecule has 0 spiro atoms. The van der Waals surface area contributed by atoms with Crippen LogP contribution in [0.1, 0.15) is 37.1 Å². The second kappa shape index (κ2) is 5.63. The van der Waals surface area contributed by atoms with Crippen LogP contribution in [-0.4, -0.2) is 31.3 Å². The van der Waals surface area contributed by atoms with E-state index < -0.39 is 11.4 Å². The van der Waals surface area contributed by atoms with Crippen LogP contribution >= 0.6 is 0 Å². The van der Waals surface area contributed by atoms with E-state index in [1.54, 1.807) is 4.68 Å². The summed E-state index contributed by atoms with van der Waals surface area (Å²) in [6.45, 7) is 0.359. The largest absolute Gasteiger partial charge is 0.481 e. The summed E-state index contributed by atoms with van der Waals surface area (Å²) in [5, 5.41) is 21.3. The van der Waals surface area contributed by atoms with E-state index in [9.17, 15) is 9.90 Å². The van der Waals surface area contributed by atoms with Gasteiger partial charge in [0.25, 0.3) is 0 Å². The number of aliphatic carboxylic acids is 1. The molecule has 0 saturated heterocycles. The molecule has 1 aromatic carbocycles. The van der Waals surface area contributed by atoms with Crippen LogP contribution in [0.3, 0.4) is 0 Å². The van der Waals surface area contributed by atoms with Crippen molar-refractivity contribution in [2.24, 2.45) is 5.41 Å². The highest BCUT2D eigenvalue weighted by molar-refractivity contribution is 5.74. The van der Waals surface area contributed by atoms with Gasteiger partial charge < -0.3 is 5.11 Å². The third-order valence-electron chi connectivity index (χ3n) is 4.28. The lowest BCUT2D eigenvalue weighted by atomic mass is 9.86. The average molecular weight is 286 g/mol. The van der Waals surface area contributed by atoms with Crippen LogP contribution < -0.4 is 0 Å². The molecule has 3 rings (SSSR count). The molecule has 0 atom stereocenters. The number of benzene rings is 1. The van der Waals surface area contributed by atoms with E-state index in [0.29, 0.717) is 31.6 Å². The maximum Gasteiger partial charge on any atom is 0.311 e. The highest BCUT2D eigenvalue weighted by atomic mass is 16.4. The zero-order valence-corrected chi connectivity index (χ0v) is 11.8. The van der Waals surface area contributed by atoms with Gasteiger partial charge in [-0.15, -0.1) is 5.10 Å². The van der Waals surface area contributed by atoms with E-state index in [-0.39, 0.29) is 0 Å². The second-order valence-corrected chi connectivity index (χ2v) is 5.71. The fourth-order valence-corrected chi connectivity index (χ4v) is 3.03. The van der Waals surface area contributed by atoms with Crippen LogP contribution in [0.2, 0.25) is 0 Å². The number of tetrazole rings is 1. The molecule has 1 aliphatic rings. The van der Waals surface area contributed by atoms with Crippen molar-refractivity contribution in [3.8, 4) is 0 Å². The van der Waals surface area contributed by atoms with Gasteiger partial charge >= 0.3 is 5.97 Å². The van der Waals surface area contributed by atoms with Crippen LogP contribution in [0.15, 0.2) is 30.3 Å². The van der Waals surface area contributed by atoms with Crippen molar-refractivity contribution in [1.82, 2.24) is 20.2 Å². The first-order valence-corrected chi connectivity index (χ1v) is 7.22. The Kier molecular flexibility index (Phi) is 3.68. The van der Waals surface area contributed by atoms with E-state index in [1.807, 2.05) is 30.3 Å². The first-order chi connectivity index (χ1) is 10.2. The minimum Gasteiger partial charge on any atom is -0.481 e. The molecule has 6 heteroatoms. The summed E-state index contributed by atoms with van der Waals surface area (Å²) in [7, 11) is 0. The summed E-state index contributed by atoms with van der Waals surface area (Å²) >= 11 is 0. The van der Waals surface area contributed by atoms with Crippen molar-refractivity contribution in [3.63, 3.8) is 0 Å². The highest BCUT2D eigenvalue weighted by Crippen LogP contribution is 2.39. The smallest absolute Gasteiger partial charge is 0.311 e. The van der Waals surface area contributed by atoms with Gasteiger partial charge in [-0.3, -0.25) is 4.79 Å². The molecule has 0 amide bonds. The minimum atomic E-state index is -0.735. The van der Waals surface area contributed by atoms with Crippen molar-refractivity contribution in [3.05, 3.63) is 41.7 Å². The second-order valence-electron chi connectivity index (χ2n) is 5.71. The topological polar surface area (TPSA) is 80.9 Å². The molecule has 21 heavy (non-hydrogen) atoms. The SMILES string of the molecule is O=C(O)C1(Cn2nnnc2Cc2ccccc2)CCCC1. The van der Waals surface area contributed by atoms with Gasteiger partial charge in [0.1, 0.15) is 0 Å². The Morgan fingerprint density at radius 1 is 1.24 bits per heavy atom.